The number of hydrogen-bond acceptors (Lipinski definition) is 6. The molecule has 1 atom stereocenters. The minimum Gasteiger partial charge on any atom is -0.396 e. The zero-order valence-electron chi connectivity index (χ0n) is 12.3. The Hall–Kier alpha value is -1.18. The van der Waals surface area contributed by atoms with Crippen LogP contribution in [0.1, 0.15) is 28.3 Å². The largest absolute Gasteiger partial charge is 0.396 e. The highest BCUT2D eigenvalue weighted by atomic mass is 32.2. The molecule has 112 valence electrons. The summed E-state index contributed by atoms with van der Waals surface area (Å²) in [5, 5.41) is 12.5. The van der Waals surface area contributed by atoms with Gasteiger partial charge in [0.2, 0.25) is 0 Å². The van der Waals surface area contributed by atoms with Crippen molar-refractivity contribution in [1.82, 2.24) is 15.3 Å². The average molecular weight is 299 g/mol. The summed E-state index contributed by atoms with van der Waals surface area (Å²) in [4.78, 5) is 20.9. The number of carbonyl (C=O) groups excluding carboxylic acids is 1. The van der Waals surface area contributed by atoms with Gasteiger partial charge in [0.05, 0.1) is 23.9 Å². The van der Waals surface area contributed by atoms with E-state index in [2.05, 4.69) is 15.3 Å². The molecule has 0 saturated carbocycles. The van der Waals surface area contributed by atoms with Crippen molar-refractivity contribution in [3.05, 3.63) is 17.1 Å². The molecule has 0 radical (unpaired) electrons. The molecule has 2 N–H and O–H groups in total. The van der Waals surface area contributed by atoms with E-state index in [1.807, 2.05) is 6.26 Å². The molecular formula is C13H21N3O3S. The van der Waals surface area contributed by atoms with Gasteiger partial charge in [-0.2, -0.15) is 0 Å². The number of carbonyl (C=O) groups is 1. The molecule has 7 heteroatoms. The second-order valence-electron chi connectivity index (χ2n) is 4.38. The summed E-state index contributed by atoms with van der Waals surface area (Å²) in [5.74, 6) is 0.412. The predicted molar refractivity (Wildman–Crippen MR) is 78.1 cm³/mol. The molecule has 0 bridgehead atoms. The number of nitrogens with one attached hydrogen (secondary N) is 1. The predicted octanol–water partition coefficient (Wildman–Crippen LogP) is 0.943. The fourth-order valence-electron chi connectivity index (χ4n) is 1.90. The number of aliphatic hydroxyl groups excluding tert-OH is 1. The topological polar surface area (TPSA) is 84.3 Å². The van der Waals surface area contributed by atoms with Crippen LogP contribution in [0.15, 0.2) is 5.03 Å². The van der Waals surface area contributed by atoms with Gasteiger partial charge in [0.25, 0.3) is 5.91 Å². The molecule has 1 amide bonds. The van der Waals surface area contributed by atoms with Crippen LogP contribution >= 0.6 is 11.8 Å². The Morgan fingerprint density at radius 3 is 2.70 bits per heavy atom. The molecule has 0 aliphatic rings. The summed E-state index contributed by atoms with van der Waals surface area (Å²) >= 11 is 1.41. The molecule has 6 nitrogen and oxygen atoms in total. The molecule has 0 aliphatic carbocycles. The van der Waals surface area contributed by atoms with Gasteiger partial charge in [0.1, 0.15) is 10.9 Å². The van der Waals surface area contributed by atoms with E-state index in [0.717, 1.165) is 0 Å². The minimum absolute atomic E-state index is 0.00687. The third-order valence-electron chi connectivity index (χ3n) is 2.77. The van der Waals surface area contributed by atoms with Crippen molar-refractivity contribution in [3.8, 4) is 0 Å². The lowest BCUT2D eigenvalue weighted by atomic mass is 10.2. The number of aromatic nitrogens is 2. The summed E-state index contributed by atoms with van der Waals surface area (Å²) in [5.41, 5.74) is 1.14. The number of rotatable bonds is 7. The number of methoxy groups -OCH3 is 1. The quantitative estimate of drug-likeness (QED) is 0.576. The lowest BCUT2D eigenvalue weighted by Gasteiger charge is -2.18. The summed E-state index contributed by atoms with van der Waals surface area (Å²) < 4.78 is 5.04. The number of nitrogens with zero attached hydrogens (tertiary/aromatic N) is 2. The van der Waals surface area contributed by atoms with Crippen LogP contribution in [0, 0.1) is 13.8 Å². The van der Waals surface area contributed by atoms with Crippen LogP contribution in [-0.4, -0.2) is 53.6 Å². The van der Waals surface area contributed by atoms with Gasteiger partial charge < -0.3 is 15.2 Å². The van der Waals surface area contributed by atoms with Gasteiger partial charge in [0, 0.05) is 13.7 Å². The SMILES string of the molecule is COCC(CCO)NC(=O)c1c(C)nc(C)nc1SC. The number of aryl methyl sites for hydroxylation is 2. The Morgan fingerprint density at radius 1 is 1.45 bits per heavy atom. The smallest absolute Gasteiger partial charge is 0.256 e. The Morgan fingerprint density at radius 2 is 2.15 bits per heavy atom. The highest BCUT2D eigenvalue weighted by molar-refractivity contribution is 7.98. The van der Waals surface area contributed by atoms with E-state index in [9.17, 15) is 4.79 Å². The van der Waals surface area contributed by atoms with Crippen LogP contribution in [0.4, 0.5) is 0 Å². The highest BCUT2D eigenvalue weighted by Crippen LogP contribution is 2.20. The normalized spacial score (nSPS) is 12.2. The second kappa shape index (κ2) is 8.18. The molecule has 1 rings (SSSR count). The zero-order valence-corrected chi connectivity index (χ0v) is 13.1. The van der Waals surface area contributed by atoms with E-state index in [0.29, 0.717) is 35.1 Å². The van der Waals surface area contributed by atoms with Crippen molar-refractivity contribution in [2.45, 2.75) is 31.3 Å². The molecule has 1 heterocycles. The van der Waals surface area contributed by atoms with E-state index >= 15 is 0 Å². The van der Waals surface area contributed by atoms with Crippen molar-refractivity contribution >= 4 is 17.7 Å². The van der Waals surface area contributed by atoms with E-state index < -0.39 is 0 Å². The molecular weight excluding hydrogens is 278 g/mol. The average Bonchev–Trinajstić information content (AvgIpc) is 2.37. The summed E-state index contributed by atoms with van der Waals surface area (Å²) in [6.07, 6.45) is 2.32. The molecule has 20 heavy (non-hydrogen) atoms. The third-order valence-corrected chi connectivity index (χ3v) is 3.45. The van der Waals surface area contributed by atoms with Gasteiger partial charge in [-0.15, -0.1) is 11.8 Å². The van der Waals surface area contributed by atoms with Crippen molar-refractivity contribution in [1.29, 1.82) is 0 Å². The molecule has 1 aromatic heterocycles. The summed E-state index contributed by atoms with van der Waals surface area (Å²) in [6, 6.07) is -0.229. The molecule has 0 aromatic carbocycles. The summed E-state index contributed by atoms with van der Waals surface area (Å²) in [7, 11) is 1.56. The van der Waals surface area contributed by atoms with Gasteiger partial charge in [-0.3, -0.25) is 4.79 Å². The molecule has 0 saturated heterocycles. The Kier molecular flexibility index (Phi) is 6.90. The van der Waals surface area contributed by atoms with Crippen LogP contribution in [0.3, 0.4) is 0 Å². The minimum atomic E-state index is -0.234. The van der Waals surface area contributed by atoms with E-state index in [1.165, 1.54) is 11.8 Å². The monoisotopic (exact) mass is 299 g/mol. The number of ether oxygens (including phenoxy) is 1. The first-order valence-corrected chi connectivity index (χ1v) is 7.55. The third kappa shape index (κ3) is 4.43. The zero-order chi connectivity index (χ0) is 15.1. The van der Waals surface area contributed by atoms with Crippen molar-refractivity contribution in [2.75, 3.05) is 26.6 Å². The van der Waals surface area contributed by atoms with Crippen LogP contribution in [0.25, 0.3) is 0 Å². The molecule has 0 aliphatic heterocycles. The summed E-state index contributed by atoms with van der Waals surface area (Å²) in [6.45, 7) is 3.94. The number of hydrogen-bond donors (Lipinski definition) is 2. The molecule has 1 aromatic rings. The van der Waals surface area contributed by atoms with Crippen molar-refractivity contribution < 1.29 is 14.6 Å². The Labute approximate surface area is 123 Å². The number of aliphatic hydroxyl groups is 1. The first kappa shape index (κ1) is 16.9. The fourth-order valence-corrected chi connectivity index (χ4v) is 2.57. The number of amides is 1. The fraction of sp³-hybridized carbons (Fsp3) is 0.615. The van der Waals surface area contributed by atoms with Gasteiger partial charge in [-0.05, 0) is 26.5 Å². The standard InChI is InChI=1S/C13H21N3O3S/c1-8-11(13(20-4)15-9(2)14-8)12(18)16-10(5-6-17)7-19-3/h10,17H,5-7H2,1-4H3,(H,16,18). The van der Waals surface area contributed by atoms with Crippen LogP contribution < -0.4 is 5.32 Å². The van der Waals surface area contributed by atoms with E-state index in [4.69, 9.17) is 9.84 Å². The van der Waals surface area contributed by atoms with Gasteiger partial charge in [-0.25, -0.2) is 9.97 Å². The van der Waals surface area contributed by atoms with Crippen LogP contribution in [-0.2, 0) is 4.74 Å². The molecule has 0 spiro atoms. The van der Waals surface area contributed by atoms with Crippen LogP contribution in [0.2, 0.25) is 0 Å². The molecule has 1 unspecified atom stereocenters. The maximum atomic E-state index is 12.4. The van der Waals surface area contributed by atoms with Crippen LogP contribution in [0.5, 0.6) is 0 Å². The van der Waals surface area contributed by atoms with Crippen molar-refractivity contribution in [2.24, 2.45) is 0 Å². The highest BCUT2D eigenvalue weighted by Gasteiger charge is 2.20. The maximum Gasteiger partial charge on any atom is 0.256 e. The lowest BCUT2D eigenvalue weighted by Crippen LogP contribution is -2.39. The van der Waals surface area contributed by atoms with Gasteiger partial charge >= 0.3 is 0 Å². The first-order valence-electron chi connectivity index (χ1n) is 6.33. The Balaban J connectivity index is 2.96. The van der Waals surface area contributed by atoms with Crippen molar-refractivity contribution in [3.63, 3.8) is 0 Å². The van der Waals surface area contributed by atoms with E-state index in [1.54, 1.807) is 21.0 Å². The first-order chi connectivity index (χ1) is 9.53. The Bertz CT molecular complexity index is 462. The van der Waals surface area contributed by atoms with Gasteiger partial charge in [-0.1, -0.05) is 0 Å². The lowest BCUT2D eigenvalue weighted by molar-refractivity contribution is 0.0874. The molecule has 0 fully saturated rings. The van der Waals surface area contributed by atoms with E-state index in [-0.39, 0.29) is 18.6 Å². The van der Waals surface area contributed by atoms with Gasteiger partial charge in [0.15, 0.2) is 0 Å². The maximum absolute atomic E-state index is 12.4. The second-order valence-corrected chi connectivity index (χ2v) is 5.17. The number of thioether (sulfide) groups is 1.